The van der Waals surface area contributed by atoms with Gasteiger partial charge < -0.3 is 15.4 Å². The highest BCUT2D eigenvalue weighted by atomic mass is 16.5. The van der Waals surface area contributed by atoms with E-state index in [1.165, 1.54) is 6.92 Å². The van der Waals surface area contributed by atoms with E-state index in [1.807, 2.05) is 25.1 Å². The molecule has 6 heteroatoms. The summed E-state index contributed by atoms with van der Waals surface area (Å²) in [6.07, 6.45) is 0.730. The van der Waals surface area contributed by atoms with E-state index < -0.39 is 0 Å². The Morgan fingerprint density at radius 2 is 2.09 bits per heavy atom. The number of anilines is 1. The zero-order valence-corrected chi connectivity index (χ0v) is 13.3. The van der Waals surface area contributed by atoms with Crippen molar-refractivity contribution >= 4 is 11.7 Å². The van der Waals surface area contributed by atoms with E-state index in [0.29, 0.717) is 25.5 Å². The van der Waals surface area contributed by atoms with Gasteiger partial charge in [0.15, 0.2) is 0 Å². The van der Waals surface area contributed by atoms with Crippen molar-refractivity contribution in [1.29, 1.82) is 0 Å². The standard InChI is InChI=1S/C17H20N4O2/c1-11-20-15-10-23-16-6-4-3-5-13(16)9-14(15)17(21-11)19-8-7-18-12(2)22/h3-6H,7-10H2,1-2H3,(H,18,22)(H,19,20,21). The van der Waals surface area contributed by atoms with Crippen LogP contribution in [0.1, 0.15) is 29.6 Å². The van der Waals surface area contributed by atoms with Crippen LogP contribution in [-0.4, -0.2) is 29.0 Å². The van der Waals surface area contributed by atoms with Gasteiger partial charge in [-0.15, -0.1) is 0 Å². The maximum atomic E-state index is 10.9. The number of carbonyl (C=O) groups is 1. The van der Waals surface area contributed by atoms with Crippen LogP contribution in [0.3, 0.4) is 0 Å². The maximum Gasteiger partial charge on any atom is 0.216 e. The van der Waals surface area contributed by atoms with Gasteiger partial charge in [0.05, 0.1) is 5.69 Å². The zero-order valence-electron chi connectivity index (χ0n) is 13.3. The molecule has 0 atom stereocenters. The molecule has 0 saturated carbocycles. The molecule has 0 spiro atoms. The number of ether oxygens (including phenoxy) is 1. The summed E-state index contributed by atoms with van der Waals surface area (Å²) in [6.45, 7) is 4.99. The molecule has 0 saturated heterocycles. The van der Waals surface area contributed by atoms with Crippen LogP contribution >= 0.6 is 0 Å². The molecule has 0 radical (unpaired) electrons. The summed E-state index contributed by atoms with van der Waals surface area (Å²) in [6, 6.07) is 8.02. The summed E-state index contributed by atoms with van der Waals surface area (Å²) in [4.78, 5) is 20.0. The number of carbonyl (C=O) groups excluding carboxylic acids is 1. The molecule has 1 aromatic heterocycles. The Kier molecular flexibility index (Phi) is 4.41. The van der Waals surface area contributed by atoms with Crippen molar-refractivity contribution in [2.45, 2.75) is 26.9 Å². The predicted octanol–water partition coefficient (Wildman–Crippen LogP) is 1.82. The van der Waals surface area contributed by atoms with Crippen LogP contribution in [0.15, 0.2) is 24.3 Å². The molecule has 2 heterocycles. The minimum Gasteiger partial charge on any atom is -0.487 e. The van der Waals surface area contributed by atoms with Gasteiger partial charge in [0.2, 0.25) is 5.91 Å². The number of aromatic nitrogens is 2. The van der Waals surface area contributed by atoms with Crippen molar-refractivity contribution in [2.75, 3.05) is 18.4 Å². The molecule has 0 aliphatic carbocycles. The maximum absolute atomic E-state index is 10.9. The van der Waals surface area contributed by atoms with E-state index in [0.717, 1.165) is 34.8 Å². The van der Waals surface area contributed by atoms with Crippen molar-refractivity contribution < 1.29 is 9.53 Å². The van der Waals surface area contributed by atoms with Crippen molar-refractivity contribution in [2.24, 2.45) is 0 Å². The molecule has 2 N–H and O–H groups in total. The topological polar surface area (TPSA) is 76.1 Å². The fraction of sp³-hybridized carbons (Fsp3) is 0.353. The van der Waals surface area contributed by atoms with E-state index in [9.17, 15) is 4.79 Å². The van der Waals surface area contributed by atoms with Gasteiger partial charge in [0.1, 0.15) is 24.0 Å². The molecule has 1 amide bonds. The van der Waals surface area contributed by atoms with Gasteiger partial charge in [-0.1, -0.05) is 18.2 Å². The van der Waals surface area contributed by atoms with Crippen LogP contribution in [0.25, 0.3) is 0 Å². The van der Waals surface area contributed by atoms with Crippen LogP contribution in [0, 0.1) is 6.92 Å². The van der Waals surface area contributed by atoms with Crippen LogP contribution < -0.4 is 15.4 Å². The third kappa shape index (κ3) is 3.59. The lowest BCUT2D eigenvalue weighted by atomic mass is 10.0. The first-order valence-corrected chi connectivity index (χ1v) is 7.69. The summed E-state index contributed by atoms with van der Waals surface area (Å²) in [5.41, 5.74) is 3.10. The first-order chi connectivity index (χ1) is 11.1. The largest absolute Gasteiger partial charge is 0.487 e. The number of para-hydroxylation sites is 1. The van der Waals surface area contributed by atoms with Crippen LogP contribution in [0.5, 0.6) is 5.75 Å². The van der Waals surface area contributed by atoms with Crippen LogP contribution in [0.4, 0.5) is 5.82 Å². The highest BCUT2D eigenvalue weighted by Gasteiger charge is 2.19. The Morgan fingerprint density at radius 1 is 1.26 bits per heavy atom. The second kappa shape index (κ2) is 6.64. The highest BCUT2D eigenvalue weighted by Crippen LogP contribution is 2.30. The van der Waals surface area contributed by atoms with Crippen molar-refractivity contribution in [1.82, 2.24) is 15.3 Å². The Bertz CT molecular complexity index is 731. The number of hydrogen-bond donors (Lipinski definition) is 2. The van der Waals surface area contributed by atoms with Gasteiger partial charge in [-0.25, -0.2) is 9.97 Å². The van der Waals surface area contributed by atoms with E-state index in [4.69, 9.17) is 4.74 Å². The average Bonchev–Trinajstić information content (AvgIpc) is 2.71. The molecule has 3 rings (SSSR count). The Morgan fingerprint density at radius 3 is 2.91 bits per heavy atom. The van der Waals surface area contributed by atoms with Gasteiger partial charge >= 0.3 is 0 Å². The smallest absolute Gasteiger partial charge is 0.216 e. The Labute approximate surface area is 135 Å². The summed E-state index contributed by atoms with van der Waals surface area (Å²) < 4.78 is 5.87. The molecule has 0 unspecified atom stereocenters. The first-order valence-electron chi connectivity index (χ1n) is 7.69. The lowest BCUT2D eigenvalue weighted by molar-refractivity contribution is -0.118. The summed E-state index contributed by atoms with van der Waals surface area (Å²) in [5.74, 6) is 2.39. The molecular formula is C17H20N4O2. The summed E-state index contributed by atoms with van der Waals surface area (Å²) >= 11 is 0. The summed E-state index contributed by atoms with van der Waals surface area (Å²) in [5, 5.41) is 6.08. The molecule has 1 aliphatic heterocycles. The lowest BCUT2D eigenvalue weighted by Crippen LogP contribution is -2.27. The Hall–Kier alpha value is -2.63. The van der Waals surface area contributed by atoms with Crippen LogP contribution in [0.2, 0.25) is 0 Å². The highest BCUT2D eigenvalue weighted by molar-refractivity contribution is 5.72. The Balaban J connectivity index is 1.84. The SMILES string of the molecule is CC(=O)NCCNc1nc(C)nc2c1Cc1ccccc1OC2. The number of benzene rings is 1. The molecule has 1 aliphatic rings. The number of nitrogens with one attached hydrogen (secondary N) is 2. The van der Waals surface area contributed by atoms with E-state index >= 15 is 0 Å². The minimum absolute atomic E-state index is 0.0353. The summed E-state index contributed by atoms with van der Waals surface area (Å²) in [7, 11) is 0. The fourth-order valence-corrected chi connectivity index (χ4v) is 2.65. The third-order valence-corrected chi connectivity index (χ3v) is 3.70. The molecular weight excluding hydrogens is 292 g/mol. The molecule has 0 fully saturated rings. The van der Waals surface area contributed by atoms with Crippen molar-refractivity contribution in [3.05, 3.63) is 46.9 Å². The van der Waals surface area contributed by atoms with Crippen molar-refractivity contribution in [3.63, 3.8) is 0 Å². The molecule has 23 heavy (non-hydrogen) atoms. The monoisotopic (exact) mass is 312 g/mol. The van der Waals surface area contributed by atoms with E-state index in [-0.39, 0.29) is 5.91 Å². The van der Waals surface area contributed by atoms with Crippen molar-refractivity contribution in [3.8, 4) is 5.75 Å². The van der Waals surface area contributed by atoms with Crippen LogP contribution in [-0.2, 0) is 17.8 Å². The second-order valence-corrected chi connectivity index (χ2v) is 5.53. The number of fused-ring (bicyclic) bond motifs is 2. The van der Waals surface area contributed by atoms with Gasteiger partial charge in [-0.3, -0.25) is 4.79 Å². The van der Waals surface area contributed by atoms with Gasteiger partial charge in [-0.05, 0) is 18.6 Å². The number of rotatable bonds is 4. The van der Waals surface area contributed by atoms with Gasteiger partial charge in [0, 0.05) is 32.0 Å². The zero-order chi connectivity index (χ0) is 16.2. The number of amides is 1. The quantitative estimate of drug-likeness (QED) is 0.842. The second-order valence-electron chi connectivity index (χ2n) is 5.53. The average molecular weight is 312 g/mol. The van der Waals surface area contributed by atoms with Gasteiger partial charge in [-0.2, -0.15) is 0 Å². The first kappa shape index (κ1) is 15.3. The number of aryl methyl sites for hydroxylation is 1. The van der Waals surface area contributed by atoms with E-state index in [1.54, 1.807) is 0 Å². The van der Waals surface area contributed by atoms with Gasteiger partial charge in [0.25, 0.3) is 0 Å². The molecule has 120 valence electrons. The number of nitrogens with zero attached hydrogens (tertiary/aromatic N) is 2. The normalized spacial score (nSPS) is 12.4. The molecule has 2 aromatic rings. The third-order valence-electron chi connectivity index (χ3n) is 3.70. The minimum atomic E-state index is -0.0353. The molecule has 1 aromatic carbocycles. The fourth-order valence-electron chi connectivity index (χ4n) is 2.65. The molecule has 0 bridgehead atoms. The lowest BCUT2D eigenvalue weighted by Gasteiger charge is -2.13. The van der Waals surface area contributed by atoms with E-state index in [2.05, 4.69) is 26.7 Å². The predicted molar refractivity (Wildman–Crippen MR) is 87.5 cm³/mol. The molecule has 6 nitrogen and oxygen atoms in total. The number of hydrogen-bond acceptors (Lipinski definition) is 5.